The Bertz CT molecular complexity index is 583. The number of benzene rings is 1. The molecule has 0 aliphatic carbocycles. The van der Waals surface area contributed by atoms with Crippen molar-refractivity contribution in [3.63, 3.8) is 0 Å². The Morgan fingerprint density at radius 1 is 1.29 bits per heavy atom. The first kappa shape index (κ1) is 18.1. The third-order valence-corrected chi connectivity index (χ3v) is 5.80. The van der Waals surface area contributed by atoms with Gasteiger partial charge in [0.05, 0.1) is 11.5 Å². The van der Waals surface area contributed by atoms with Crippen molar-refractivity contribution in [1.82, 2.24) is 4.31 Å². The lowest BCUT2D eigenvalue weighted by Crippen LogP contribution is -2.39. The zero-order chi connectivity index (χ0) is 16.2. The molecule has 120 valence electrons. The van der Waals surface area contributed by atoms with Gasteiger partial charge in [-0.25, -0.2) is 8.42 Å². The minimum absolute atomic E-state index is 0.133. The molecule has 0 aliphatic rings. The summed E-state index contributed by atoms with van der Waals surface area (Å²) >= 11 is 0. The monoisotopic (exact) mass is 314 g/mol. The van der Waals surface area contributed by atoms with Crippen LogP contribution in [0, 0.1) is 13.8 Å². The van der Waals surface area contributed by atoms with Gasteiger partial charge in [-0.2, -0.15) is 4.31 Å². The minimum atomic E-state index is -3.56. The highest BCUT2D eigenvalue weighted by atomic mass is 32.2. The number of hydrogen-bond acceptors (Lipinski definition) is 4. The third kappa shape index (κ3) is 4.03. The number of nitrogens with two attached hydrogens (primary N) is 1. The fourth-order valence-electron chi connectivity index (χ4n) is 2.25. The molecule has 1 aromatic carbocycles. The molecular weight excluding hydrogens is 288 g/mol. The van der Waals surface area contributed by atoms with Crippen LogP contribution in [0.25, 0.3) is 0 Å². The molecule has 0 aliphatic heterocycles. The van der Waals surface area contributed by atoms with E-state index in [0.29, 0.717) is 24.6 Å². The molecule has 0 heterocycles. The maximum Gasteiger partial charge on any atom is 0.243 e. The molecule has 0 bridgehead atoms. The van der Waals surface area contributed by atoms with E-state index < -0.39 is 10.0 Å². The Kier molecular flexibility index (Phi) is 6.34. The largest absolute Gasteiger partial charge is 0.383 e. The topological polar surface area (TPSA) is 72.6 Å². The van der Waals surface area contributed by atoms with E-state index in [-0.39, 0.29) is 6.04 Å². The van der Waals surface area contributed by atoms with Crippen molar-refractivity contribution in [2.45, 2.75) is 45.2 Å². The zero-order valence-electron chi connectivity index (χ0n) is 13.5. The molecule has 0 fully saturated rings. The predicted molar refractivity (Wildman–Crippen MR) is 84.7 cm³/mol. The molecule has 6 heteroatoms. The van der Waals surface area contributed by atoms with E-state index >= 15 is 0 Å². The van der Waals surface area contributed by atoms with Gasteiger partial charge in [-0.1, -0.05) is 6.07 Å². The van der Waals surface area contributed by atoms with Crippen molar-refractivity contribution in [3.8, 4) is 0 Å². The highest BCUT2D eigenvalue weighted by Crippen LogP contribution is 2.25. The predicted octanol–water partition coefficient (Wildman–Crippen LogP) is 1.81. The van der Waals surface area contributed by atoms with Crippen molar-refractivity contribution < 1.29 is 13.2 Å². The molecule has 0 saturated heterocycles. The summed E-state index contributed by atoms with van der Waals surface area (Å²) in [6, 6.07) is 3.48. The second kappa shape index (κ2) is 7.35. The van der Waals surface area contributed by atoms with E-state index in [1.165, 1.54) is 4.31 Å². The number of sulfonamides is 1. The fourth-order valence-corrected chi connectivity index (χ4v) is 4.22. The summed E-state index contributed by atoms with van der Waals surface area (Å²) in [5.74, 6) is 0. The maximum atomic E-state index is 13.0. The normalized spacial score (nSPS) is 12.4. The van der Waals surface area contributed by atoms with Crippen molar-refractivity contribution in [1.29, 1.82) is 0 Å². The quantitative estimate of drug-likeness (QED) is 0.833. The van der Waals surface area contributed by atoms with Crippen LogP contribution in [-0.2, 0) is 21.3 Å². The van der Waals surface area contributed by atoms with Gasteiger partial charge < -0.3 is 10.5 Å². The maximum absolute atomic E-state index is 13.0. The van der Waals surface area contributed by atoms with Gasteiger partial charge in [0.1, 0.15) is 0 Å². The number of methoxy groups -OCH3 is 1. The smallest absolute Gasteiger partial charge is 0.243 e. The van der Waals surface area contributed by atoms with Crippen LogP contribution in [0.15, 0.2) is 17.0 Å². The standard InChI is InChI=1S/C15H26N2O3S/c1-11(2)17(6-7-20-5)21(18,19)15-9-14(10-16)8-12(3)13(15)4/h8-9,11H,6-7,10,16H2,1-5H3. The molecule has 0 spiro atoms. The van der Waals surface area contributed by atoms with Crippen LogP contribution in [0.3, 0.4) is 0 Å². The molecule has 0 radical (unpaired) electrons. The Morgan fingerprint density at radius 3 is 2.38 bits per heavy atom. The number of aryl methyl sites for hydroxylation is 1. The van der Waals surface area contributed by atoms with E-state index in [1.807, 2.05) is 33.8 Å². The Morgan fingerprint density at radius 2 is 1.90 bits per heavy atom. The summed E-state index contributed by atoms with van der Waals surface area (Å²) in [5.41, 5.74) is 8.21. The van der Waals surface area contributed by atoms with Gasteiger partial charge in [0.2, 0.25) is 10.0 Å². The van der Waals surface area contributed by atoms with Gasteiger partial charge in [-0.3, -0.25) is 0 Å². The van der Waals surface area contributed by atoms with Gasteiger partial charge in [0.25, 0.3) is 0 Å². The number of nitrogens with zero attached hydrogens (tertiary/aromatic N) is 1. The van der Waals surface area contributed by atoms with Crippen molar-refractivity contribution in [2.24, 2.45) is 5.73 Å². The number of ether oxygens (including phenoxy) is 1. The Balaban J connectivity index is 3.37. The van der Waals surface area contributed by atoms with Crippen molar-refractivity contribution >= 4 is 10.0 Å². The summed E-state index contributed by atoms with van der Waals surface area (Å²) in [5, 5.41) is 0. The van der Waals surface area contributed by atoms with Crippen LogP contribution < -0.4 is 5.73 Å². The average Bonchev–Trinajstić information content (AvgIpc) is 2.41. The second-order valence-electron chi connectivity index (χ2n) is 5.44. The third-order valence-electron chi connectivity index (χ3n) is 3.59. The van der Waals surface area contributed by atoms with E-state index in [2.05, 4.69) is 0 Å². The molecule has 5 nitrogen and oxygen atoms in total. The summed E-state index contributed by atoms with van der Waals surface area (Å²) in [6.45, 7) is 8.49. The second-order valence-corrected chi connectivity index (χ2v) is 7.30. The molecular formula is C15H26N2O3S. The molecule has 0 saturated carbocycles. The highest BCUT2D eigenvalue weighted by Gasteiger charge is 2.28. The number of hydrogen-bond donors (Lipinski definition) is 1. The van der Waals surface area contributed by atoms with Gasteiger partial charge >= 0.3 is 0 Å². The molecule has 21 heavy (non-hydrogen) atoms. The number of rotatable bonds is 7. The Hall–Kier alpha value is -0.950. The fraction of sp³-hybridized carbons (Fsp3) is 0.600. The first-order valence-electron chi connectivity index (χ1n) is 7.06. The average molecular weight is 314 g/mol. The molecule has 0 unspecified atom stereocenters. The van der Waals surface area contributed by atoms with Gasteiger partial charge in [0, 0.05) is 26.2 Å². The molecule has 0 atom stereocenters. The lowest BCUT2D eigenvalue weighted by Gasteiger charge is -2.27. The summed E-state index contributed by atoms with van der Waals surface area (Å²) < 4.78 is 32.4. The zero-order valence-corrected chi connectivity index (χ0v) is 14.3. The van der Waals surface area contributed by atoms with E-state index in [9.17, 15) is 8.42 Å². The van der Waals surface area contributed by atoms with Crippen LogP contribution in [0.2, 0.25) is 0 Å². The van der Waals surface area contributed by atoms with E-state index in [0.717, 1.165) is 16.7 Å². The van der Waals surface area contributed by atoms with Crippen LogP contribution in [0.4, 0.5) is 0 Å². The molecule has 0 amide bonds. The molecule has 1 rings (SSSR count). The first-order chi connectivity index (χ1) is 9.75. The van der Waals surface area contributed by atoms with Crippen molar-refractivity contribution in [2.75, 3.05) is 20.3 Å². The van der Waals surface area contributed by atoms with Gasteiger partial charge in [0.15, 0.2) is 0 Å². The summed E-state index contributed by atoms with van der Waals surface area (Å²) in [6.07, 6.45) is 0. The van der Waals surface area contributed by atoms with Crippen LogP contribution in [-0.4, -0.2) is 39.0 Å². The van der Waals surface area contributed by atoms with Crippen LogP contribution in [0.5, 0.6) is 0 Å². The Labute approximate surface area is 128 Å². The van der Waals surface area contributed by atoms with Gasteiger partial charge in [-0.05, 0) is 50.5 Å². The minimum Gasteiger partial charge on any atom is -0.383 e. The van der Waals surface area contributed by atoms with Crippen molar-refractivity contribution in [3.05, 3.63) is 28.8 Å². The molecule has 1 aromatic rings. The van der Waals surface area contributed by atoms with Crippen LogP contribution in [0.1, 0.15) is 30.5 Å². The van der Waals surface area contributed by atoms with E-state index in [1.54, 1.807) is 13.2 Å². The lowest BCUT2D eigenvalue weighted by atomic mass is 10.1. The first-order valence-corrected chi connectivity index (χ1v) is 8.50. The van der Waals surface area contributed by atoms with Crippen LogP contribution >= 0.6 is 0 Å². The molecule has 0 aromatic heterocycles. The van der Waals surface area contributed by atoms with E-state index in [4.69, 9.17) is 10.5 Å². The summed E-state index contributed by atoms with van der Waals surface area (Å²) in [4.78, 5) is 0.341. The van der Waals surface area contributed by atoms with Gasteiger partial charge in [-0.15, -0.1) is 0 Å². The SMILES string of the molecule is COCCN(C(C)C)S(=O)(=O)c1cc(CN)cc(C)c1C. The molecule has 2 N–H and O–H groups in total. The highest BCUT2D eigenvalue weighted by molar-refractivity contribution is 7.89. The summed E-state index contributed by atoms with van der Waals surface area (Å²) in [7, 11) is -2.00. The lowest BCUT2D eigenvalue weighted by molar-refractivity contribution is 0.171.